The van der Waals surface area contributed by atoms with Crippen LogP contribution in [-0.4, -0.2) is 56.2 Å². The number of aromatic nitrogens is 1. The fourth-order valence-electron chi connectivity index (χ4n) is 2.78. The number of nitrogens with one attached hydrogen (secondary N) is 2. The molecule has 2 aromatic rings. The van der Waals surface area contributed by atoms with Crippen molar-refractivity contribution >= 4 is 33.5 Å². The molecule has 1 heterocycles. The van der Waals surface area contributed by atoms with E-state index < -0.39 is 39.6 Å². The number of H-pyrrole nitrogens is 1. The number of methoxy groups -OCH3 is 1. The van der Waals surface area contributed by atoms with E-state index in [1.165, 1.54) is 37.4 Å². The summed E-state index contributed by atoms with van der Waals surface area (Å²) in [7, 11) is -2.71. The van der Waals surface area contributed by atoms with Crippen LogP contribution in [0.15, 0.2) is 45.2 Å². The number of hydrogen-bond donors (Lipinski definition) is 6. The number of rotatable bonds is 10. The number of anilines is 1. The Morgan fingerprint density at radius 2 is 1.74 bits per heavy atom. The SMILES string of the molecule is COc1ccc(S(=O)(=O)Nc2c(C(CCON=C(N)N)C(N)=O)cc(C)[nH]c2=O)cc1.O=C(O)C(F)(F)F. The van der Waals surface area contributed by atoms with E-state index >= 15 is 0 Å². The van der Waals surface area contributed by atoms with Gasteiger partial charge in [0.05, 0.1) is 17.9 Å². The molecular weight excluding hydrogens is 541 g/mol. The van der Waals surface area contributed by atoms with Crippen LogP contribution in [0.4, 0.5) is 18.9 Å². The summed E-state index contributed by atoms with van der Waals surface area (Å²) in [4.78, 5) is 40.8. The van der Waals surface area contributed by atoms with Crippen molar-refractivity contribution < 1.29 is 45.9 Å². The predicted molar refractivity (Wildman–Crippen MR) is 128 cm³/mol. The average Bonchev–Trinajstić information content (AvgIpc) is 2.80. The number of nitrogens with zero attached hydrogens (tertiary/aromatic N) is 1. The van der Waals surface area contributed by atoms with Crippen molar-refractivity contribution in [2.45, 2.75) is 30.3 Å². The van der Waals surface area contributed by atoms with Crippen molar-refractivity contribution in [3.05, 3.63) is 51.9 Å². The molecule has 14 nitrogen and oxygen atoms in total. The third-order valence-electron chi connectivity index (χ3n) is 4.43. The van der Waals surface area contributed by atoms with Gasteiger partial charge in [0.1, 0.15) is 18.0 Å². The first-order valence-electron chi connectivity index (χ1n) is 10.2. The number of ether oxygens (including phenoxy) is 1. The normalized spacial score (nSPS) is 11.8. The highest BCUT2D eigenvalue weighted by molar-refractivity contribution is 7.92. The van der Waals surface area contributed by atoms with E-state index in [4.69, 9.17) is 36.7 Å². The number of guanidine groups is 1. The number of carbonyl (C=O) groups is 2. The fourth-order valence-corrected chi connectivity index (χ4v) is 3.88. The van der Waals surface area contributed by atoms with Crippen LogP contribution < -0.4 is 32.2 Å². The van der Waals surface area contributed by atoms with Gasteiger partial charge < -0.3 is 36.9 Å². The van der Waals surface area contributed by atoms with Gasteiger partial charge in [0.15, 0.2) is 0 Å². The number of halogens is 3. The molecule has 0 spiro atoms. The van der Waals surface area contributed by atoms with E-state index in [1.807, 2.05) is 0 Å². The summed E-state index contributed by atoms with van der Waals surface area (Å²) in [5.74, 6) is -4.45. The lowest BCUT2D eigenvalue weighted by Gasteiger charge is -2.18. The molecule has 0 aliphatic heterocycles. The van der Waals surface area contributed by atoms with Gasteiger partial charge in [0.25, 0.3) is 15.6 Å². The molecule has 1 aromatic carbocycles. The van der Waals surface area contributed by atoms with Gasteiger partial charge in [-0.3, -0.25) is 14.3 Å². The summed E-state index contributed by atoms with van der Waals surface area (Å²) < 4.78 is 64.7. The number of aryl methyl sites for hydroxylation is 1. The van der Waals surface area contributed by atoms with Crippen LogP contribution >= 0.6 is 0 Å². The smallest absolute Gasteiger partial charge is 0.490 e. The number of benzene rings is 1. The number of aromatic amines is 1. The molecule has 210 valence electrons. The van der Waals surface area contributed by atoms with Crippen molar-refractivity contribution in [1.29, 1.82) is 0 Å². The van der Waals surface area contributed by atoms with Crippen molar-refractivity contribution in [3.8, 4) is 5.75 Å². The van der Waals surface area contributed by atoms with E-state index in [0.29, 0.717) is 11.4 Å². The standard InChI is InChI=1S/C18H24N6O6S.C2HF3O2/c1-10-9-14(13(16(19)25)7-8-30-23-18(20)21)15(17(26)22-10)24-31(27,28)12-5-3-11(29-2)4-6-12;3-2(4,5)1(6)7/h3-6,9,13,24H,7-8H2,1-2H3,(H2,19,25)(H,22,26)(H4,20,21,23);(H,6,7). The molecule has 0 saturated carbocycles. The first kappa shape index (κ1) is 31.5. The van der Waals surface area contributed by atoms with Gasteiger partial charge in [0, 0.05) is 5.69 Å². The third-order valence-corrected chi connectivity index (χ3v) is 5.80. The van der Waals surface area contributed by atoms with E-state index in [-0.39, 0.29) is 35.1 Å². The van der Waals surface area contributed by atoms with Crippen LogP contribution in [0.2, 0.25) is 0 Å². The highest BCUT2D eigenvalue weighted by atomic mass is 32.2. The maximum absolute atomic E-state index is 12.8. The van der Waals surface area contributed by atoms with Crippen molar-refractivity contribution in [3.63, 3.8) is 0 Å². The number of nitrogens with two attached hydrogens (primary N) is 3. The lowest BCUT2D eigenvalue weighted by Crippen LogP contribution is -2.29. The van der Waals surface area contributed by atoms with E-state index in [1.54, 1.807) is 6.92 Å². The molecule has 38 heavy (non-hydrogen) atoms. The van der Waals surface area contributed by atoms with Crippen molar-refractivity contribution in [1.82, 2.24) is 4.98 Å². The second-order valence-electron chi connectivity index (χ2n) is 7.29. The molecule has 2 rings (SSSR count). The number of primary amides is 1. The molecule has 1 unspecified atom stereocenters. The fraction of sp³-hybridized carbons (Fsp3) is 0.300. The molecular formula is C20H25F3N6O8S. The van der Waals surface area contributed by atoms with Gasteiger partial charge in [0.2, 0.25) is 11.9 Å². The second-order valence-corrected chi connectivity index (χ2v) is 8.97. The topological polar surface area (TPSA) is 242 Å². The van der Waals surface area contributed by atoms with Crippen LogP contribution in [0.25, 0.3) is 0 Å². The summed E-state index contributed by atoms with van der Waals surface area (Å²) in [6.45, 7) is 1.47. The van der Waals surface area contributed by atoms with Gasteiger partial charge >= 0.3 is 12.1 Å². The Kier molecular flexibility index (Phi) is 10.9. The number of sulfonamides is 1. The molecule has 0 radical (unpaired) electrons. The first-order valence-corrected chi connectivity index (χ1v) is 11.7. The zero-order valence-corrected chi connectivity index (χ0v) is 20.7. The van der Waals surface area contributed by atoms with Crippen molar-refractivity contribution in [2.24, 2.45) is 22.4 Å². The van der Waals surface area contributed by atoms with Gasteiger partial charge in [-0.15, -0.1) is 0 Å². The van der Waals surface area contributed by atoms with Crippen molar-refractivity contribution in [2.75, 3.05) is 18.4 Å². The third kappa shape index (κ3) is 9.52. The summed E-state index contributed by atoms with van der Waals surface area (Å²) in [6, 6.07) is 7.02. The minimum absolute atomic E-state index is 0.00767. The summed E-state index contributed by atoms with van der Waals surface area (Å²) >= 11 is 0. The monoisotopic (exact) mass is 566 g/mol. The summed E-state index contributed by atoms with van der Waals surface area (Å²) in [5, 5.41) is 10.5. The van der Waals surface area contributed by atoms with Crippen LogP contribution in [0.3, 0.4) is 0 Å². The number of alkyl halides is 3. The maximum atomic E-state index is 12.8. The number of carboxylic acids is 1. The molecule has 0 saturated heterocycles. The molecule has 0 fully saturated rings. The zero-order valence-electron chi connectivity index (χ0n) is 19.9. The first-order chi connectivity index (χ1) is 17.5. The summed E-state index contributed by atoms with van der Waals surface area (Å²) in [6.07, 6.45) is -5.09. The lowest BCUT2D eigenvalue weighted by molar-refractivity contribution is -0.192. The van der Waals surface area contributed by atoms with Crippen LogP contribution in [0.5, 0.6) is 5.75 Å². The minimum Gasteiger partial charge on any atom is -0.497 e. The summed E-state index contributed by atoms with van der Waals surface area (Å²) in [5.41, 5.74) is 15.3. The molecule has 1 aromatic heterocycles. The molecule has 0 bridgehead atoms. The van der Waals surface area contributed by atoms with Gasteiger partial charge in [-0.25, -0.2) is 13.2 Å². The number of hydrogen-bond acceptors (Lipinski definition) is 8. The number of carboxylic acid groups (broad SMARTS) is 1. The number of amides is 1. The van der Waals surface area contributed by atoms with Gasteiger partial charge in [-0.05, 0) is 54.4 Å². The molecule has 1 amide bonds. The Balaban J connectivity index is 0.000000905. The van der Waals surface area contributed by atoms with Crippen LogP contribution in [-0.2, 0) is 24.4 Å². The van der Waals surface area contributed by atoms with Crippen LogP contribution in [0, 0.1) is 6.92 Å². The Morgan fingerprint density at radius 3 is 2.18 bits per heavy atom. The Labute approximate surface area is 213 Å². The second kappa shape index (κ2) is 13.2. The quantitative estimate of drug-likeness (QED) is 0.0993. The number of pyridine rings is 1. The largest absolute Gasteiger partial charge is 0.497 e. The molecule has 18 heteroatoms. The average molecular weight is 567 g/mol. The van der Waals surface area contributed by atoms with E-state index in [0.717, 1.165) is 0 Å². The Morgan fingerprint density at radius 1 is 1.18 bits per heavy atom. The maximum Gasteiger partial charge on any atom is 0.490 e. The Hall–Kier alpha value is -4.48. The van der Waals surface area contributed by atoms with Gasteiger partial charge in [-0.1, -0.05) is 0 Å². The minimum atomic E-state index is -5.08. The number of carbonyl (C=O) groups excluding carboxylic acids is 1. The predicted octanol–water partition coefficient (Wildman–Crippen LogP) is 0.290. The lowest BCUT2D eigenvalue weighted by atomic mass is 9.94. The van der Waals surface area contributed by atoms with E-state index in [2.05, 4.69) is 14.9 Å². The molecule has 0 aliphatic carbocycles. The zero-order chi connectivity index (χ0) is 29.3. The molecule has 9 N–H and O–H groups in total. The number of oxime groups is 1. The molecule has 0 aliphatic rings. The van der Waals surface area contributed by atoms with Crippen LogP contribution in [0.1, 0.15) is 23.6 Å². The number of aliphatic carboxylic acids is 1. The highest BCUT2D eigenvalue weighted by Gasteiger charge is 2.38. The van der Waals surface area contributed by atoms with E-state index in [9.17, 15) is 31.2 Å². The Bertz CT molecular complexity index is 1320. The highest BCUT2D eigenvalue weighted by Crippen LogP contribution is 2.27. The molecule has 1 atom stereocenters. The van der Waals surface area contributed by atoms with Gasteiger partial charge in [-0.2, -0.15) is 13.2 Å².